The predicted octanol–water partition coefficient (Wildman–Crippen LogP) is 3.10. The van der Waals surface area contributed by atoms with Crippen LogP contribution in [0, 0.1) is 26.1 Å². The summed E-state index contributed by atoms with van der Waals surface area (Å²) in [4.78, 5) is 24.0. The van der Waals surface area contributed by atoms with Crippen molar-refractivity contribution in [3.05, 3.63) is 67.8 Å². The summed E-state index contributed by atoms with van der Waals surface area (Å²) < 4.78 is 6.18. The lowest BCUT2D eigenvalue weighted by Gasteiger charge is -2.56. The highest BCUT2D eigenvalue weighted by molar-refractivity contribution is 5.85. The maximum absolute atomic E-state index is 11.9. The normalized spacial score (nSPS) is 30.2. The summed E-state index contributed by atoms with van der Waals surface area (Å²) >= 11 is 0. The Kier molecular flexibility index (Phi) is 4.91. The maximum atomic E-state index is 11.9. The number of hydrogen-bond donors (Lipinski definition) is 2. The van der Waals surface area contributed by atoms with E-state index in [1.165, 1.54) is 18.2 Å². The summed E-state index contributed by atoms with van der Waals surface area (Å²) in [5.74, 6) is 0.252. The molecule has 0 radical (unpaired) electrons. The molecule has 34 heavy (non-hydrogen) atoms. The molecule has 2 aliphatic carbocycles. The minimum Gasteiger partial charge on any atom is -0.504 e. The van der Waals surface area contributed by atoms with Crippen LogP contribution < -0.4 is 4.74 Å². The fourth-order valence-corrected chi connectivity index (χ4v) is 6.58. The summed E-state index contributed by atoms with van der Waals surface area (Å²) in [6.07, 6.45) is 3.70. The number of nitro benzene ring substituents is 2. The Bertz CT molecular complexity index is 1280. The Labute approximate surface area is 200 Å². The third-order valence-corrected chi connectivity index (χ3v) is 7.96. The Morgan fingerprint density at radius 2 is 1.91 bits per heavy atom. The molecule has 2 bridgehead atoms. The van der Waals surface area contributed by atoms with Crippen molar-refractivity contribution < 1.29 is 24.8 Å². The van der Waals surface area contributed by atoms with Gasteiger partial charge in [0.1, 0.15) is 12.2 Å². The van der Waals surface area contributed by atoms with Gasteiger partial charge in [0.2, 0.25) is 0 Å². The van der Waals surface area contributed by atoms with Crippen molar-refractivity contribution in [3.63, 3.8) is 0 Å². The summed E-state index contributed by atoms with van der Waals surface area (Å²) in [5, 5.41) is 44.8. The zero-order valence-electron chi connectivity index (χ0n) is 18.1. The number of phenols is 1. The van der Waals surface area contributed by atoms with Crippen LogP contribution in [0.4, 0.5) is 11.4 Å². The van der Waals surface area contributed by atoms with Gasteiger partial charge in [-0.1, -0.05) is 12.2 Å². The van der Waals surface area contributed by atoms with Gasteiger partial charge in [0.15, 0.2) is 11.5 Å². The van der Waals surface area contributed by atoms with Gasteiger partial charge < -0.3 is 19.8 Å². The number of ether oxygens (including phenoxy) is 1. The fourth-order valence-electron chi connectivity index (χ4n) is 6.58. The molecule has 1 saturated heterocycles. The molecule has 1 spiro atoms. The molecular weight excluding hydrogens is 466 g/mol. The van der Waals surface area contributed by atoms with Crippen LogP contribution in [0.25, 0.3) is 11.1 Å². The lowest BCUT2D eigenvalue weighted by molar-refractivity contribution is -0.393. The molecule has 0 amide bonds. The molecule has 11 heteroatoms. The first kappa shape index (κ1) is 22.6. The van der Waals surface area contributed by atoms with Crippen LogP contribution in [0.1, 0.15) is 17.5 Å². The summed E-state index contributed by atoms with van der Waals surface area (Å²) in [5.41, 5.74) is 1.02. The molecule has 2 aliphatic heterocycles. The predicted molar refractivity (Wildman–Crippen MR) is 124 cm³/mol. The number of rotatable bonds is 3. The first-order valence-corrected chi connectivity index (χ1v) is 10.8. The molecule has 4 aliphatic rings. The number of nitrogens with zero attached hydrogens (tertiary/aromatic N) is 3. The van der Waals surface area contributed by atoms with E-state index in [0.717, 1.165) is 23.7 Å². The average Bonchev–Trinajstić information content (AvgIpc) is 3.14. The second-order valence-corrected chi connectivity index (χ2v) is 9.32. The van der Waals surface area contributed by atoms with Crippen LogP contribution in [-0.2, 0) is 11.8 Å². The lowest BCUT2D eigenvalue weighted by atomic mass is 9.53. The number of nitro groups is 2. The Balaban J connectivity index is 0.00000241. The highest BCUT2D eigenvalue weighted by Gasteiger charge is 2.64. The molecule has 10 nitrogen and oxygen atoms in total. The number of aliphatic hydroxyl groups is 1. The summed E-state index contributed by atoms with van der Waals surface area (Å²) in [6.45, 7) is 0.795. The number of aliphatic hydroxyl groups excluding tert-OH is 1. The van der Waals surface area contributed by atoms with E-state index in [0.29, 0.717) is 24.2 Å². The van der Waals surface area contributed by atoms with E-state index >= 15 is 0 Å². The van der Waals surface area contributed by atoms with Crippen molar-refractivity contribution in [2.45, 2.75) is 36.5 Å². The first-order chi connectivity index (χ1) is 15.7. The van der Waals surface area contributed by atoms with E-state index in [9.17, 15) is 30.4 Å². The van der Waals surface area contributed by atoms with Gasteiger partial charge in [0.05, 0.1) is 21.5 Å². The Morgan fingerprint density at radius 3 is 2.62 bits per heavy atom. The molecule has 2 aromatic carbocycles. The first-order valence-electron chi connectivity index (χ1n) is 10.8. The molecule has 2 aromatic rings. The third kappa shape index (κ3) is 2.70. The van der Waals surface area contributed by atoms with Crippen LogP contribution in [0.5, 0.6) is 11.5 Å². The fraction of sp³-hybridized carbons (Fsp3) is 0.391. The number of likely N-dealkylation sites (tertiary alicyclic amines) is 1. The molecule has 0 aromatic heterocycles. The van der Waals surface area contributed by atoms with E-state index in [2.05, 4.69) is 4.90 Å². The van der Waals surface area contributed by atoms with Crippen LogP contribution in [-0.4, -0.2) is 56.8 Å². The zero-order valence-corrected chi connectivity index (χ0v) is 18.9. The number of benzene rings is 2. The maximum Gasteiger partial charge on any atom is 0.284 e. The van der Waals surface area contributed by atoms with Crippen molar-refractivity contribution in [1.82, 2.24) is 4.90 Å². The Morgan fingerprint density at radius 1 is 1.15 bits per heavy atom. The van der Waals surface area contributed by atoms with Gasteiger partial charge in [-0.25, -0.2) is 0 Å². The minimum absolute atomic E-state index is 0. The number of aromatic hydroxyl groups is 1. The zero-order chi connectivity index (χ0) is 23.2. The number of hydrogen-bond acceptors (Lipinski definition) is 8. The van der Waals surface area contributed by atoms with E-state index < -0.39 is 33.2 Å². The van der Waals surface area contributed by atoms with E-state index in [1.807, 2.05) is 13.1 Å². The molecule has 2 heterocycles. The summed E-state index contributed by atoms with van der Waals surface area (Å²) in [6, 6.07) is 5.11. The Hall–Kier alpha value is -3.21. The molecule has 2 N–H and O–H groups in total. The monoisotopic (exact) mass is 487 g/mol. The van der Waals surface area contributed by atoms with E-state index in [1.54, 1.807) is 6.08 Å². The van der Waals surface area contributed by atoms with E-state index in [4.69, 9.17) is 4.74 Å². The second-order valence-electron chi connectivity index (χ2n) is 9.32. The number of phenolic OH excluding ortho intramolecular Hbond substituents is 1. The quantitative estimate of drug-likeness (QED) is 0.382. The van der Waals surface area contributed by atoms with Gasteiger partial charge >= 0.3 is 0 Å². The molecule has 6 rings (SSSR count). The molecule has 0 unspecified atom stereocenters. The number of non-ortho nitro benzene ring substituents is 1. The number of likely N-dealkylation sites (N-methyl/N-ethyl adjacent to an activating group) is 1. The van der Waals surface area contributed by atoms with Crippen LogP contribution >= 0.6 is 12.4 Å². The summed E-state index contributed by atoms with van der Waals surface area (Å²) in [7, 11) is 2.04. The minimum atomic E-state index is -0.833. The van der Waals surface area contributed by atoms with Crippen molar-refractivity contribution >= 4 is 23.8 Å². The number of piperidine rings is 1. The van der Waals surface area contributed by atoms with Gasteiger partial charge in [0, 0.05) is 29.0 Å². The van der Waals surface area contributed by atoms with Crippen LogP contribution in [0.15, 0.2) is 36.4 Å². The third-order valence-electron chi connectivity index (χ3n) is 7.96. The molecule has 0 saturated carbocycles. The van der Waals surface area contributed by atoms with Gasteiger partial charge in [0.25, 0.3) is 11.4 Å². The highest BCUT2D eigenvalue weighted by Crippen LogP contribution is 2.64. The van der Waals surface area contributed by atoms with Gasteiger partial charge in [-0.3, -0.25) is 20.2 Å². The smallest absolute Gasteiger partial charge is 0.284 e. The standard InChI is InChI=1S/C23H21N3O7.ClH/c1-24-7-6-23-15-4-5-18(27)22(23)33-21-19(28)10-13(14(20(21)23)9-17(15)24)12-3-2-11(25(29)30)8-16(12)26(31)32;/h2-5,8,10,15,17-18,22,27-28H,6-7,9H2,1H3;1H/t15-,17+,18-,22-,23-;/m0./s1. The number of halogens is 1. The van der Waals surface area contributed by atoms with Crippen molar-refractivity contribution in [1.29, 1.82) is 0 Å². The van der Waals surface area contributed by atoms with Crippen molar-refractivity contribution in [3.8, 4) is 22.6 Å². The molecule has 1 fully saturated rings. The van der Waals surface area contributed by atoms with Crippen LogP contribution in [0.2, 0.25) is 0 Å². The van der Waals surface area contributed by atoms with E-state index in [-0.39, 0.29) is 41.4 Å². The van der Waals surface area contributed by atoms with Crippen molar-refractivity contribution in [2.75, 3.05) is 13.6 Å². The second kappa shape index (κ2) is 7.39. The molecule has 5 atom stereocenters. The van der Waals surface area contributed by atoms with Gasteiger partial charge in [-0.05, 0) is 49.7 Å². The SMILES string of the molecule is CN1CC[C@]23c4c5c(-c6ccc([N+](=O)[O-])cc6[N+](=O)[O-])cc(O)c4O[C@H]2[C@@H](O)C=C[C@H]3[C@H]1C5.Cl. The van der Waals surface area contributed by atoms with Gasteiger partial charge in [-0.15, -0.1) is 12.4 Å². The lowest BCUT2D eigenvalue weighted by Crippen LogP contribution is -2.64. The van der Waals surface area contributed by atoms with Crippen LogP contribution in [0.3, 0.4) is 0 Å². The highest BCUT2D eigenvalue weighted by atomic mass is 35.5. The van der Waals surface area contributed by atoms with Gasteiger partial charge in [-0.2, -0.15) is 0 Å². The average molecular weight is 488 g/mol. The van der Waals surface area contributed by atoms with Crippen molar-refractivity contribution in [2.24, 2.45) is 5.92 Å². The topological polar surface area (TPSA) is 139 Å². The largest absolute Gasteiger partial charge is 0.504 e. The molecular formula is C23H22ClN3O7. The molecule has 178 valence electrons.